The van der Waals surface area contributed by atoms with Gasteiger partial charge in [0.05, 0.1) is 15.8 Å². The number of nitrogens with zero attached hydrogens (tertiary/aromatic N) is 2. The lowest BCUT2D eigenvalue weighted by molar-refractivity contribution is 0.0535. The van der Waals surface area contributed by atoms with Gasteiger partial charge in [-0.3, -0.25) is 0 Å². The highest BCUT2D eigenvalue weighted by molar-refractivity contribution is 7.17. The van der Waals surface area contributed by atoms with Gasteiger partial charge < -0.3 is 10.1 Å². The van der Waals surface area contributed by atoms with E-state index < -0.39 is 0 Å². The number of rotatable bonds is 2. The molecule has 0 radical (unpaired) electrons. The van der Waals surface area contributed by atoms with E-state index in [9.17, 15) is 4.79 Å². The number of cyclic esters (lactones) is 1. The first kappa shape index (κ1) is 11.4. The van der Waals surface area contributed by atoms with Gasteiger partial charge in [-0.25, -0.2) is 14.8 Å². The third kappa shape index (κ3) is 1.73. The molecule has 20 heavy (non-hydrogen) atoms. The van der Waals surface area contributed by atoms with Gasteiger partial charge in [-0.15, -0.1) is 11.3 Å². The van der Waals surface area contributed by atoms with E-state index >= 15 is 0 Å². The molecule has 6 heteroatoms. The molecule has 5 nitrogen and oxygen atoms in total. The average molecular weight is 283 g/mol. The van der Waals surface area contributed by atoms with E-state index in [4.69, 9.17) is 4.74 Å². The van der Waals surface area contributed by atoms with Crippen molar-refractivity contribution in [1.29, 1.82) is 0 Å². The van der Waals surface area contributed by atoms with Crippen molar-refractivity contribution < 1.29 is 9.53 Å². The number of benzene rings is 1. The van der Waals surface area contributed by atoms with Gasteiger partial charge in [-0.1, -0.05) is 0 Å². The molecule has 0 spiro atoms. The minimum atomic E-state index is -0.255. The number of carbonyl (C=O) groups is 1. The number of carbonyl (C=O) groups excluding carboxylic acids is 1. The normalized spacial score (nSPS) is 13.3. The second kappa shape index (κ2) is 4.28. The van der Waals surface area contributed by atoms with Gasteiger partial charge in [0, 0.05) is 11.3 Å². The van der Waals surface area contributed by atoms with E-state index in [1.165, 1.54) is 6.33 Å². The fourth-order valence-corrected chi connectivity index (χ4v) is 3.02. The minimum Gasteiger partial charge on any atom is -0.457 e. The predicted molar refractivity (Wildman–Crippen MR) is 76.3 cm³/mol. The summed E-state index contributed by atoms with van der Waals surface area (Å²) in [5, 5.41) is 5.26. The van der Waals surface area contributed by atoms with Crippen LogP contribution in [0.15, 0.2) is 36.0 Å². The molecule has 1 aliphatic rings. The lowest BCUT2D eigenvalue weighted by Gasteiger charge is -2.07. The third-order valence-electron chi connectivity index (χ3n) is 3.19. The molecular formula is C14H9N3O2S. The van der Waals surface area contributed by atoms with Gasteiger partial charge in [-0.05, 0) is 29.6 Å². The maximum Gasteiger partial charge on any atom is 0.338 e. The Morgan fingerprint density at radius 3 is 3.15 bits per heavy atom. The Bertz CT molecular complexity index is 828. The average Bonchev–Trinajstić information content (AvgIpc) is 3.07. The molecule has 0 aliphatic carbocycles. The standard InChI is InChI=1S/C14H9N3O2S/c18-14-10-2-1-9(5-8(10)6-19-14)17-13-12-11(3-4-20-12)15-7-16-13/h1-5,7H,6H2,(H,15,16,17). The molecule has 3 aromatic rings. The van der Waals surface area contributed by atoms with E-state index in [0.29, 0.717) is 12.2 Å². The summed E-state index contributed by atoms with van der Waals surface area (Å²) in [4.78, 5) is 19.9. The van der Waals surface area contributed by atoms with Gasteiger partial charge in [0.1, 0.15) is 12.9 Å². The molecule has 0 unspecified atom stereocenters. The summed E-state index contributed by atoms with van der Waals surface area (Å²) in [6.45, 7) is 0.335. The van der Waals surface area contributed by atoms with Crippen LogP contribution in [-0.2, 0) is 11.3 Å². The number of fused-ring (bicyclic) bond motifs is 2. The first-order valence-electron chi connectivity index (χ1n) is 6.06. The summed E-state index contributed by atoms with van der Waals surface area (Å²) in [5.74, 6) is 0.518. The first-order valence-corrected chi connectivity index (χ1v) is 6.94. The van der Waals surface area contributed by atoms with Crippen molar-refractivity contribution in [3.63, 3.8) is 0 Å². The predicted octanol–water partition coefficient (Wildman–Crippen LogP) is 3.11. The van der Waals surface area contributed by atoms with Crippen LogP contribution in [0.3, 0.4) is 0 Å². The van der Waals surface area contributed by atoms with Crippen LogP contribution >= 0.6 is 11.3 Å². The highest BCUT2D eigenvalue weighted by Gasteiger charge is 2.21. The van der Waals surface area contributed by atoms with Crippen LogP contribution in [0.1, 0.15) is 15.9 Å². The van der Waals surface area contributed by atoms with Crippen molar-refractivity contribution in [3.05, 3.63) is 47.1 Å². The molecule has 1 N–H and O–H groups in total. The zero-order chi connectivity index (χ0) is 13.5. The number of hydrogen-bond donors (Lipinski definition) is 1. The van der Waals surface area contributed by atoms with Gasteiger partial charge in [0.2, 0.25) is 0 Å². The monoisotopic (exact) mass is 283 g/mol. The molecule has 0 atom stereocenters. The molecule has 0 fully saturated rings. The molecule has 1 aliphatic heterocycles. The zero-order valence-corrected chi connectivity index (χ0v) is 11.1. The number of hydrogen-bond acceptors (Lipinski definition) is 6. The van der Waals surface area contributed by atoms with E-state index in [1.54, 1.807) is 17.4 Å². The largest absolute Gasteiger partial charge is 0.457 e. The number of anilines is 2. The van der Waals surface area contributed by atoms with Crippen LogP contribution in [0, 0.1) is 0 Å². The number of aromatic nitrogens is 2. The molecule has 0 amide bonds. The lowest BCUT2D eigenvalue weighted by atomic mass is 10.1. The van der Waals surface area contributed by atoms with Crippen molar-refractivity contribution in [3.8, 4) is 0 Å². The lowest BCUT2D eigenvalue weighted by Crippen LogP contribution is -1.97. The van der Waals surface area contributed by atoms with Crippen LogP contribution in [0.2, 0.25) is 0 Å². The Hall–Kier alpha value is -2.47. The second-order valence-corrected chi connectivity index (χ2v) is 5.35. The fraction of sp³-hybridized carbons (Fsp3) is 0.0714. The SMILES string of the molecule is O=C1OCc2cc(Nc3ncnc4ccsc34)ccc21. The number of esters is 1. The molecular weight excluding hydrogens is 274 g/mol. The molecule has 3 heterocycles. The Morgan fingerprint density at radius 1 is 1.25 bits per heavy atom. The number of ether oxygens (including phenoxy) is 1. The van der Waals surface area contributed by atoms with E-state index in [0.717, 1.165) is 27.3 Å². The Kier molecular flexibility index (Phi) is 2.43. The Balaban J connectivity index is 1.73. The summed E-state index contributed by atoms with van der Waals surface area (Å²) >= 11 is 1.59. The van der Waals surface area contributed by atoms with Crippen LogP contribution in [0.5, 0.6) is 0 Å². The van der Waals surface area contributed by atoms with Crippen molar-refractivity contribution in [2.75, 3.05) is 5.32 Å². The number of nitrogens with one attached hydrogen (secondary N) is 1. The number of thiophene rings is 1. The van der Waals surface area contributed by atoms with Crippen LogP contribution in [0.25, 0.3) is 10.2 Å². The zero-order valence-electron chi connectivity index (χ0n) is 10.3. The summed E-state index contributed by atoms with van der Waals surface area (Å²) in [6.07, 6.45) is 1.54. The third-order valence-corrected chi connectivity index (χ3v) is 4.10. The summed E-state index contributed by atoms with van der Waals surface area (Å²) in [7, 11) is 0. The van der Waals surface area contributed by atoms with Crippen molar-refractivity contribution in [1.82, 2.24) is 9.97 Å². The van der Waals surface area contributed by atoms with Crippen molar-refractivity contribution in [2.24, 2.45) is 0 Å². The van der Waals surface area contributed by atoms with Gasteiger partial charge >= 0.3 is 5.97 Å². The van der Waals surface area contributed by atoms with Gasteiger partial charge in [-0.2, -0.15) is 0 Å². The Morgan fingerprint density at radius 2 is 2.20 bits per heavy atom. The smallest absolute Gasteiger partial charge is 0.338 e. The van der Waals surface area contributed by atoms with Gasteiger partial charge in [0.15, 0.2) is 5.82 Å². The molecule has 0 bridgehead atoms. The second-order valence-electron chi connectivity index (χ2n) is 4.43. The maximum absolute atomic E-state index is 11.4. The Labute approximate surface area is 118 Å². The van der Waals surface area contributed by atoms with Crippen molar-refractivity contribution >= 4 is 39.0 Å². The molecule has 98 valence electrons. The first-order chi connectivity index (χ1) is 9.81. The summed E-state index contributed by atoms with van der Waals surface area (Å²) in [5.41, 5.74) is 3.35. The maximum atomic E-state index is 11.4. The topological polar surface area (TPSA) is 64.1 Å². The van der Waals surface area contributed by atoms with Crippen LogP contribution in [0.4, 0.5) is 11.5 Å². The molecule has 0 saturated carbocycles. The fourth-order valence-electron chi connectivity index (χ4n) is 2.23. The van der Waals surface area contributed by atoms with Gasteiger partial charge in [0.25, 0.3) is 0 Å². The quantitative estimate of drug-likeness (QED) is 0.732. The van der Waals surface area contributed by atoms with E-state index in [2.05, 4.69) is 15.3 Å². The summed E-state index contributed by atoms with van der Waals surface area (Å²) in [6, 6.07) is 7.51. The minimum absolute atomic E-state index is 0.255. The molecule has 1 aromatic carbocycles. The molecule has 2 aromatic heterocycles. The van der Waals surface area contributed by atoms with Crippen LogP contribution in [-0.4, -0.2) is 15.9 Å². The van der Waals surface area contributed by atoms with Crippen molar-refractivity contribution in [2.45, 2.75) is 6.61 Å². The molecule has 4 rings (SSSR count). The molecule has 0 saturated heterocycles. The highest BCUT2D eigenvalue weighted by Crippen LogP contribution is 2.29. The van der Waals surface area contributed by atoms with Crippen LogP contribution < -0.4 is 5.32 Å². The summed E-state index contributed by atoms with van der Waals surface area (Å²) < 4.78 is 6.01. The highest BCUT2D eigenvalue weighted by atomic mass is 32.1. The van der Waals surface area contributed by atoms with E-state index in [-0.39, 0.29) is 5.97 Å². The van der Waals surface area contributed by atoms with E-state index in [1.807, 2.05) is 23.6 Å².